The molecule has 3 aliphatic rings. The number of piperidine rings is 1. The number of nitrogens with zero attached hydrogens (tertiary/aromatic N) is 3. The van der Waals surface area contributed by atoms with Crippen molar-refractivity contribution in [2.24, 2.45) is 0 Å². The Morgan fingerprint density at radius 1 is 0.889 bits per heavy atom. The van der Waals surface area contributed by atoms with Crippen molar-refractivity contribution < 1.29 is 29.3 Å². The van der Waals surface area contributed by atoms with Crippen molar-refractivity contribution in [2.45, 2.75) is 57.2 Å². The number of aromatic hydroxyl groups is 1. The summed E-state index contributed by atoms with van der Waals surface area (Å²) in [5.41, 5.74) is 7.30. The number of nitrogens with one attached hydrogen (secondary N) is 1. The van der Waals surface area contributed by atoms with E-state index in [2.05, 4.69) is 63.7 Å². The van der Waals surface area contributed by atoms with E-state index in [1.54, 1.807) is 17.0 Å². The zero-order valence-electron chi connectivity index (χ0n) is 30.5. The molecule has 3 N–H and O–H groups in total. The topological polar surface area (TPSA) is 123 Å². The van der Waals surface area contributed by atoms with Gasteiger partial charge in [0.05, 0.1) is 12.7 Å². The number of phenolic OH excluding ortho intramolecular Hbond substituents is 1. The van der Waals surface area contributed by atoms with E-state index in [-0.39, 0.29) is 24.0 Å². The maximum Gasteiger partial charge on any atom is 0.255 e. The minimum absolute atomic E-state index is 0.155. The Hall–Kier alpha value is -5.45. The highest BCUT2D eigenvalue weighted by atomic mass is 16.5. The van der Waals surface area contributed by atoms with E-state index in [4.69, 9.17) is 4.74 Å². The molecule has 4 aromatic rings. The van der Waals surface area contributed by atoms with E-state index < -0.39 is 18.1 Å². The summed E-state index contributed by atoms with van der Waals surface area (Å²) in [6.07, 6.45) is 5.34. The fourth-order valence-corrected chi connectivity index (χ4v) is 7.53. The zero-order chi connectivity index (χ0) is 37.4. The van der Waals surface area contributed by atoms with Gasteiger partial charge < -0.3 is 24.7 Å². The Labute approximate surface area is 316 Å². The molecule has 0 bridgehead atoms. The smallest absolute Gasteiger partial charge is 0.255 e. The van der Waals surface area contributed by atoms with E-state index in [0.717, 1.165) is 68.1 Å². The number of anilines is 1. The fourth-order valence-electron chi connectivity index (χ4n) is 7.53. The third-order valence-corrected chi connectivity index (χ3v) is 10.7. The lowest BCUT2D eigenvalue weighted by Crippen LogP contribution is -2.52. The average molecular weight is 729 g/mol. The molecular weight excluding hydrogens is 681 g/mol. The standard InChI is InChI=1S/C44H48N4O6/c49-37-13-7-31(8-14-37)6-11-34(33-4-2-1-3-5-33)28-32-9-15-39(16-10-32)54-27-21-38(50)20-22-46-23-25-47(26-24-46)36-12-17-40-35(29-36)30-48(44(40)53)41-18-19-42(51)45-43(41)52/h1-5,7-10,12-17,28-29,38,41,49-50H,6,11,18-27,30H2,(H,45,51,52)/b34-28-. The number of aliphatic hydroxyl groups excluding tert-OH is 1. The van der Waals surface area contributed by atoms with Gasteiger partial charge in [0.2, 0.25) is 11.8 Å². The SMILES string of the molecule is O=C1CCC(N2Cc3cc(N4CCN(CCC(O)CCOc5ccc(/C=C(/CCc6ccc(O)cc6)c6ccccc6)cc5)CC4)ccc3C2=O)C(=O)N1. The molecule has 0 saturated carbocycles. The van der Waals surface area contributed by atoms with Gasteiger partial charge in [0, 0.05) is 63.4 Å². The summed E-state index contributed by atoms with van der Waals surface area (Å²) in [6, 6.07) is 31.2. The van der Waals surface area contributed by atoms with Crippen LogP contribution in [0.15, 0.2) is 97.1 Å². The third-order valence-electron chi connectivity index (χ3n) is 10.7. The molecule has 2 atom stereocenters. The van der Waals surface area contributed by atoms with Gasteiger partial charge in [-0.25, -0.2) is 0 Å². The summed E-state index contributed by atoms with van der Waals surface area (Å²) >= 11 is 0. The monoisotopic (exact) mass is 728 g/mol. The lowest BCUT2D eigenvalue weighted by atomic mass is 9.96. The first-order chi connectivity index (χ1) is 26.3. The number of ether oxygens (including phenoxy) is 1. The van der Waals surface area contributed by atoms with Crippen molar-refractivity contribution in [3.8, 4) is 11.5 Å². The summed E-state index contributed by atoms with van der Waals surface area (Å²) < 4.78 is 6.00. The molecule has 0 aromatic heterocycles. The van der Waals surface area contributed by atoms with Crippen molar-refractivity contribution in [3.63, 3.8) is 0 Å². The Bertz CT molecular complexity index is 1960. The molecule has 2 fully saturated rings. The number of piperazine rings is 1. The number of aliphatic hydroxyl groups is 1. The van der Waals surface area contributed by atoms with E-state index in [9.17, 15) is 24.6 Å². The molecule has 10 nitrogen and oxygen atoms in total. The molecule has 0 radical (unpaired) electrons. The van der Waals surface area contributed by atoms with Crippen molar-refractivity contribution in [3.05, 3.63) is 125 Å². The quantitative estimate of drug-likeness (QED) is 0.112. The second-order valence-electron chi connectivity index (χ2n) is 14.4. The Morgan fingerprint density at radius 3 is 2.39 bits per heavy atom. The highest BCUT2D eigenvalue weighted by molar-refractivity contribution is 6.05. The third kappa shape index (κ3) is 9.18. The average Bonchev–Trinajstić information content (AvgIpc) is 3.52. The van der Waals surface area contributed by atoms with Gasteiger partial charge in [0.1, 0.15) is 17.5 Å². The van der Waals surface area contributed by atoms with E-state index in [0.29, 0.717) is 38.0 Å². The van der Waals surface area contributed by atoms with E-state index >= 15 is 0 Å². The summed E-state index contributed by atoms with van der Waals surface area (Å²) in [5.74, 6) is 0.219. The molecule has 0 spiro atoms. The van der Waals surface area contributed by atoms with Gasteiger partial charge in [-0.15, -0.1) is 0 Å². The van der Waals surface area contributed by atoms with Crippen molar-refractivity contribution in [1.82, 2.24) is 15.1 Å². The number of fused-ring (bicyclic) bond motifs is 1. The van der Waals surface area contributed by atoms with Crippen molar-refractivity contribution in [1.29, 1.82) is 0 Å². The minimum atomic E-state index is -0.611. The number of hydrogen-bond acceptors (Lipinski definition) is 8. The first-order valence-electron chi connectivity index (χ1n) is 19.0. The Morgan fingerprint density at radius 2 is 1.65 bits per heavy atom. The number of amides is 3. The van der Waals surface area contributed by atoms with Crippen LogP contribution in [0.5, 0.6) is 11.5 Å². The predicted octanol–water partition coefficient (Wildman–Crippen LogP) is 5.67. The fraction of sp³-hybridized carbons (Fsp3) is 0.341. The molecule has 2 unspecified atom stereocenters. The number of carbonyl (C=O) groups excluding carboxylic acids is 3. The van der Waals surface area contributed by atoms with Gasteiger partial charge in [0.15, 0.2) is 0 Å². The van der Waals surface area contributed by atoms with Crippen LogP contribution in [-0.2, 0) is 22.6 Å². The van der Waals surface area contributed by atoms with Gasteiger partial charge >= 0.3 is 0 Å². The molecule has 2 saturated heterocycles. The van der Waals surface area contributed by atoms with Gasteiger partial charge in [-0.05, 0) is 96.0 Å². The number of benzene rings is 4. The maximum atomic E-state index is 13.1. The maximum absolute atomic E-state index is 13.1. The number of hydrogen-bond donors (Lipinski definition) is 3. The number of allylic oxidation sites excluding steroid dienone is 1. The van der Waals surface area contributed by atoms with Crippen LogP contribution in [0, 0.1) is 0 Å². The molecule has 7 rings (SSSR count). The van der Waals surface area contributed by atoms with E-state index in [1.165, 1.54) is 16.7 Å². The summed E-state index contributed by atoms with van der Waals surface area (Å²) in [4.78, 5) is 43.3. The second-order valence-corrected chi connectivity index (χ2v) is 14.4. The van der Waals surface area contributed by atoms with Crippen LogP contribution >= 0.6 is 0 Å². The van der Waals surface area contributed by atoms with Crippen LogP contribution < -0.4 is 15.0 Å². The van der Waals surface area contributed by atoms with Crippen LogP contribution in [0.4, 0.5) is 5.69 Å². The molecule has 4 aromatic carbocycles. The van der Waals surface area contributed by atoms with Crippen LogP contribution in [0.3, 0.4) is 0 Å². The van der Waals surface area contributed by atoms with Crippen molar-refractivity contribution in [2.75, 3.05) is 44.2 Å². The lowest BCUT2D eigenvalue weighted by Gasteiger charge is -2.36. The number of rotatable bonds is 14. The summed E-state index contributed by atoms with van der Waals surface area (Å²) in [7, 11) is 0. The highest BCUT2D eigenvalue weighted by Gasteiger charge is 2.39. The van der Waals surface area contributed by atoms with Gasteiger partial charge in [-0.2, -0.15) is 0 Å². The van der Waals surface area contributed by atoms with Gasteiger partial charge in [-0.1, -0.05) is 60.7 Å². The Balaban J connectivity index is 0.831. The van der Waals surface area contributed by atoms with Gasteiger partial charge in [0.25, 0.3) is 5.91 Å². The Kier molecular flexibility index (Phi) is 11.7. The molecule has 3 heterocycles. The molecule has 3 amide bonds. The second kappa shape index (κ2) is 17.1. The zero-order valence-corrected chi connectivity index (χ0v) is 30.5. The first kappa shape index (κ1) is 36.9. The molecule has 10 heteroatoms. The van der Waals surface area contributed by atoms with E-state index in [1.807, 2.05) is 42.5 Å². The molecule has 54 heavy (non-hydrogen) atoms. The number of carbonyl (C=O) groups is 3. The van der Waals surface area contributed by atoms with Crippen LogP contribution in [0.25, 0.3) is 11.6 Å². The molecular formula is C44H48N4O6. The largest absolute Gasteiger partial charge is 0.508 e. The number of imide groups is 1. The molecule has 3 aliphatic heterocycles. The molecule has 280 valence electrons. The van der Waals surface area contributed by atoms with Crippen LogP contribution in [-0.4, -0.2) is 89.2 Å². The predicted molar refractivity (Wildman–Crippen MR) is 209 cm³/mol. The van der Waals surface area contributed by atoms with Gasteiger partial charge in [-0.3, -0.25) is 24.6 Å². The lowest BCUT2D eigenvalue weighted by molar-refractivity contribution is -0.136. The number of phenols is 1. The van der Waals surface area contributed by atoms with Crippen molar-refractivity contribution >= 4 is 35.1 Å². The highest BCUT2D eigenvalue weighted by Crippen LogP contribution is 2.31. The van der Waals surface area contributed by atoms with Crippen LogP contribution in [0.2, 0.25) is 0 Å². The molecule has 0 aliphatic carbocycles. The summed E-state index contributed by atoms with van der Waals surface area (Å²) in [6.45, 7) is 5.08. The summed E-state index contributed by atoms with van der Waals surface area (Å²) in [5, 5.41) is 22.7. The van der Waals surface area contributed by atoms with Crippen LogP contribution in [0.1, 0.15) is 64.7 Å². The number of aryl methyl sites for hydroxylation is 1. The minimum Gasteiger partial charge on any atom is -0.508 e. The first-order valence-corrected chi connectivity index (χ1v) is 19.0. The normalized spacial score (nSPS) is 18.4.